The molecule has 2 aromatic rings. The Kier molecular flexibility index (Phi) is 4.15. The van der Waals surface area contributed by atoms with Gasteiger partial charge in [-0.15, -0.1) is 11.3 Å². The molecular formula is C14H22N4OS. The van der Waals surface area contributed by atoms with Crippen LogP contribution in [0.25, 0.3) is 10.2 Å². The minimum atomic E-state index is -0.768. The molecule has 0 radical (unpaired) electrons. The zero-order valence-corrected chi connectivity index (χ0v) is 13.5. The molecule has 0 saturated heterocycles. The topological polar surface area (TPSA) is 61.3 Å². The highest BCUT2D eigenvalue weighted by Gasteiger charge is 2.20. The van der Waals surface area contributed by atoms with E-state index in [0.717, 1.165) is 22.6 Å². The van der Waals surface area contributed by atoms with Gasteiger partial charge in [-0.25, -0.2) is 4.98 Å². The molecule has 110 valence electrons. The third kappa shape index (κ3) is 3.37. The van der Waals surface area contributed by atoms with Crippen LogP contribution >= 0.6 is 11.3 Å². The first kappa shape index (κ1) is 15.0. The fourth-order valence-corrected chi connectivity index (χ4v) is 3.08. The molecule has 2 aromatic heterocycles. The van der Waals surface area contributed by atoms with Crippen LogP contribution in [-0.4, -0.2) is 40.8 Å². The maximum atomic E-state index is 10.0. The van der Waals surface area contributed by atoms with E-state index in [9.17, 15) is 5.11 Å². The summed E-state index contributed by atoms with van der Waals surface area (Å²) in [5, 5.41) is 14.2. The minimum absolute atomic E-state index is 0.513. The molecule has 0 amide bonds. The number of hydrogen-bond acceptors (Lipinski definition) is 6. The molecule has 2 N–H and O–H groups in total. The minimum Gasteiger partial charge on any atom is -0.389 e. The molecule has 0 fully saturated rings. The second-order valence-corrected chi connectivity index (χ2v) is 6.88. The van der Waals surface area contributed by atoms with Gasteiger partial charge in [0.15, 0.2) is 0 Å². The van der Waals surface area contributed by atoms with Crippen LogP contribution in [0.1, 0.15) is 25.6 Å². The lowest BCUT2D eigenvalue weighted by Gasteiger charge is -2.27. The van der Waals surface area contributed by atoms with Crippen molar-refractivity contribution >= 4 is 33.3 Å². The number of aryl methyl sites for hydroxylation is 1. The lowest BCUT2D eigenvalue weighted by molar-refractivity contribution is 0.0885. The van der Waals surface area contributed by atoms with Gasteiger partial charge in [-0.2, -0.15) is 4.98 Å². The molecule has 2 heterocycles. The van der Waals surface area contributed by atoms with Gasteiger partial charge >= 0.3 is 0 Å². The number of nitrogens with one attached hydrogen (secondary N) is 1. The predicted octanol–water partition coefficient (Wildman–Crippen LogP) is 2.64. The summed E-state index contributed by atoms with van der Waals surface area (Å²) < 4.78 is 0. The van der Waals surface area contributed by atoms with Crippen LogP contribution in [-0.2, 0) is 0 Å². The van der Waals surface area contributed by atoms with Crippen LogP contribution in [0.4, 0.5) is 11.8 Å². The summed E-state index contributed by atoms with van der Waals surface area (Å²) in [5.74, 6) is 1.50. The van der Waals surface area contributed by atoms with E-state index in [1.807, 2.05) is 18.9 Å². The Hall–Kier alpha value is -1.40. The molecule has 0 aliphatic rings. The summed E-state index contributed by atoms with van der Waals surface area (Å²) >= 11 is 1.66. The Bertz CT molecular complexity index is 603. The summed E-state index contributed by atoms with van der Waals surface area (Å²) in [7, 11) is 1.95. The van der Waals surface area contributed by atoms with Crippen LogP contribution in [0.3, 0.4) is 0 Å². The highest BCUT2D eigenvalue weighted by molar-refractivity contribution is 7.18. The average molecular weight is 294 g/mol. The standard InChI is InChI=1S/C14H22N4OS/c1-6-15-13-16-11(18(5)8-14(3,4)19)10-7-9(2)20-12(10)17-13/h7,19H,6,8H2,1-5H3,(H,15,16,17). The molecule has 0 aliphatic carbocycles. The fraction of sp³-hybridized carbons (Fsp3) is 0.571. The van der Waals surface area contributed by atoms with Gasteiger partial charge in [0.1, 0.15) is 10.6 Å². The second-order valence-electron chi connectivity index (χ2n) is 5.65. The van der Waals surface area contributed by atoms with Gasteiger partial charge in [0, 0.05) is 25.0 Å². The highest BCUT2D eigenvalue weighted by atomic mass is 32.1. The number of nitrogens with zero attached hydrogens (tertiary/aromatic N) is 3. The summed E-state index contributed by atoms with van der Waals surface area (Å²) in [5.41, 5.74) is -0.768. The Morgan fingerprint density at radius 1 is 1.40 bits per heavy atom. The first-order valence-corrected chi connectivity index (χ1v) is 7.57. The van der Waals surface area contributed by atoms with E-state index in [-0.39, 0.29) is 0 Å². The first-order chi connectivity index (χ1) is 9.30. The van der Waals surface area contributed by atoms with Gasteiger partial charge in [-0.3, -0.25) is 0 Å². The van der Waals surface area contributed by atoms with E-state index >= 15 is 0 Å². The fourth-order valence-electron chi connectivity index (χ4n) is 2.21. The lowest BCUT2D eigenvalue weighted by Crippen LogP contribution is -2.36. The molecule has 0 saturated carbocycles. The maximum absolute atomic E-state index is 10.0. The molecule has 0 unspecified atom stereocenters. The number of hydrogen-bond donors (Lipinski definition) is 2. The Balaban J connectivity index is 2.48. The number of thiophene rings is 1. The van der Waals surface area contributed by atoms with E-state index < -0.39 is 5.60 Å². The predicted molar refractivity (Wildman–Crippen MR) is 85.9 cm³/mol. The van der Waals surface area contributed by atoms with E-state index in [0.29, 0.717) is 12.5 Å². The Morgan fingerprint density at radius 2 is 2.10 bits per heavy atom. The van der Waals surface area contributed by atoms with Crippen molar-refractivity contribution in [3.05, 3.63) is 10.9 Å². The van der Waals surface area contributed by atoms with Crippen molar-refractivity contribution in [2.75, 3.05) is 30.4 Å². The van der Waals surface area contributed by atoms with Crippen molar-refractivity contribution in [1.29, 1.82) is 0 Å². The Morgan fingerprint density at radius 3 is 2.70 bits per heavy atom. The van der Waals surface area contributed by atoms with Crippen LogP contribution in [0.2, 0.25) is 0 Å². The quantitative estimate of drug-likeness (QED) is 0.887. The zero-order valence-electron chi connectivity index (χ0n) is 12.7. The SMILES string of the molecule is CCNc1nc(N(C)CC(C)(C)O)c2cc(C)sc2n1. The van der Waals surface area contributed by atoms with E-state index in [4.69, 9.17) is 0 Å². The van der Waals surface area contributed by atoms with Crippen LogP contribution < -0.4 is 10.2 Å². The van der Waals surface area contributed by atoms with E-state index in [1.165, 1.54) is 4.88 Å². The number of aliphatic hydroxyl groups is 1. The zero-order chi connectivity index (χ0) is 14.9. The molecule has 0 atom stereocenters. The van der Waals surface area contributed by atoms with E-state index in [2.05, 4.69) is 28.3 Å². The first-order valence-electron chi connectivity index (χ1n) is 6.75. The van der Waals surface area contributed by atoms with Crippen molar-refractivity contribution in [2.45, 2.75) is 33.3 Å². The number of fused-ring (bicyclic) bond motifs is 1. The Labute approximate surface area is 123 Å². The summed E-state index contributed by atoms with van der Waals surface area (Å²) in [6, 6.07) is 2.10. The molecule has 0 bridgehead atoms. The summed E-state index contributed by atoms with van der Waals surface area (Å²) in [4.78, 5) is 13.3. The number of rotatable bonds is 5. The van der Waals surface area contributed by atoms with Crippen LogP contribution in [0.5, 0.6) is 0 Å². The molecule has 2 rings (SSSR count). The van der Waals surface area contributed by atoms with Gasteiger partial charge in [0.25, 0.3) is 0 Å². The lowest BCUT2D eigenvalue weighted by atomic mass is 10.1. The molecule has 6 heteroatoms. The van der Waals surface area contributed by atoms with Gasteiger partial charge in [-0.05, 0) is 33.8 Å². The maximum Gasteiger partial charge on any atom is 0.226 e. The summed E-state index contributed by atoms with van der Waals surface area (Å²) in [6.07, 6.45) is 0. The largest absolute Gasteiger partial charge is 0.389 e. The van der Waals surface area contributed by atoms with Gasteiger partial charge in [0.05, 0.1) is 11.0 Å². The smallest absolute Gasteiger partial charge is 0.226 e. The molecule has 20 heavy (non-hydrogen) atoms. The third-order valence-electron chi connectivity index (χ3n) is 2.82. The second kappa shape index (κ2) is 5.54. The van der Waals surface area contributed by atoms with Crippen molar-refractivity contribution < 1.29 is 5.11 Å². The van der Waals surface area contributed by atoms with Gasteiger partial charge < -0.3 is 15.3 Å². The molecule has 0 aromatic carbocycles. The van der Waals surface area contributed by atoms with Gasteiger partial charge in [-0.1, -0.05) is 0 Å². The third-order valence-corrected chi connectivity index (χ3v) is 3.76. The molecule has 0 aliphatic heterocycles. The van der Waals surface area contributed by atoms with Crippen LogP contribution in [0.15, 0.2) is 6.07 Å². The van der Waals surface area contributed by atoms with Crippen molar-refractivity contribution in [3.63, 3.8) is 0 Å². The normalized spacial score (nSPS) is 11.9. The van der Waals surface area contributed by atoms with Crippen LogP contribution in [0, 0.1) is 6.92 Å². The number of likely N-dealkylation sites (N-methyl/N-ethyl adjacent to an activating group) is 1. The monoisotopic (exact) mass is 294 g/mol. The van der Waals surface area contributed by atoms with Crippen molar-refractivity contribution in [1.82, 2.24) is 9.97 Å². The molecule has 0 spiro atoms. The van der Waals surface area contributed by atoms with Crippen molar-refractivity contribution in [3.8, 4) is 0 Å². The summed E-state index contributed by atoms with van der Waals surface area (Å²) in [6.45, 7) is 8.98. The van der Waals surface area contributed by atoms with E-state index in [1.54, 1.807) is 25.2 Å². The molecular weight excluding hydrogens is 272 g/mol. The number of aromatic nitrogens is 2. The van der Waals surface area contributed by atoms with Crippen molar-refractivity contribution in [2.24, 2.45) is 0 Å². The average Bonchev–Trinajstić information content (AvgIpc) is 2.66. The number of anilines is 2. The molecule has 5 nitrogen and oxygen atoms in total. The van der Waals surface area contributed by atoms with Gasteiger partial charge in [0.2, 0.25) is 5.95 Å². The highest BCUT2D eigenvalue weighted by Crippen LogP contribution is 2.31.